The highest BCUT2D eigenvalue weighted by Gasteiger charge is 2.13. The van der Waals surface area contributed by atoms with Crippen molar-refractivity contribution in [2.24, 2.45) is 5.92 Å². The quantitative estimate of drug-likeness (QED) is 0.411. The third-order valence-corrected chi connectivity index (χ3v) is 3.67. The molecule has 0 aliphatic rings. The Hall–Kier alpha value is -1.71. The lowest BCUT2D eigenvalue weighted by Crippen LogP contribution is -2.36. The van der Waals surface area contributed by atoms with Crippen LogP contribution in [-0.4, -0.2) is 23.7 Å². The van der Waals surface area contributed by atoms with Crippen LogP contribution in [0, 0.1) is 29.6 Å². The normalized spacial score (nSPS) is 11.6. The van der Waals surface area contributed by atoms with Gasteiger partial charge in [0, 0.05) is 13.0 Å². The van der Waals surface area contributed by atoms with Gasteiger partial charge in [0.1, 0.15) is 6.10 Å². The summed E-state index contributed by atoms with van der Waals surface area (Å²) in [6, 6.07) is 0. The van der Waals surface area contributed by atoms with E-state index in [0.29, 0.717) is 18.9 Å². The zero-order valence-corrected chi connectivity index (χ0v) is 16.2. The maximum atomic E-state index is 11.6. The first-order valence-corrected chi connectivity index (χ1v) is 9.67. The molecule has 0 aliphatic carbocycles. The van der Waals surface area contributed by atoms with Crippen molar-refractivity contribution in [2.45, 2.75) is 84.7 Å². The number of aliphatic hydroxyl groups excluding tert-OH is 1. The molecule has 0 aromatic rings. The van der Waals surface area contributed by atoms with E-state index in [2.05, 4.69) is 42.0 Å². The smallest absolute Gasteiger partial charge is 0.248 e. The van der Waals surface area contributed by atoms with Crippen LogP contribution in [0.2, 0.25) is 0 Å². The van der Waals surface area contributed by atoms with Crippen LogP contribution in [0.15, 0.2) is 12.2 Å². The first kappa shape index (κ1) is 23.3. The van der Waals surface area contributed by atoms with Crippen LogP contribution < -0.4 is 5.32 Å². The predicted octanol–water partition coefficient (Wildman–Crippen LogP) is 4.21. The summed E-state index contributed by atoms with van der Waals surface area (Å²) in [6.07, 6.45) is 12.0. The number of unbranched alkanes of at least 4 members (excludes halogenated alkanes) is 6. The van der Waals surface area contributed by atoms with Crippen LogP contribution in [-0.2, 0) is 4.79 Å². The summed E-state index contributed by atoms with van der Waals surface area (Å²) in [4.78, 5) is 11.6. The molecule has 0 spiro atoms. The zero-order valence-electron chi connectivity index (χ0n) is 16.2. The minimum atomic E-state index is -0.889. The molecule has 2 N–H and O–H groups in total. The van der Waals surface area contributed by atoms with E-state index in [1.807, 2.05) is 19.9 Å². The van der Waals surface area contributed by atoms with E-state index in [0.717, 1.165) is 32.1 Å². The van der Waals surface area contributed by atoms with Gasteiger partial charge >= 0.3 is 0 Å². The third-order valence-electron chi connectivity index (χ3n) is 3.67. The molecule has 3 nitrogen and oxygen atoms in total. The molecule has 0 bridgehead atoms. The maximum Gasteiger partial charge on any atom is 0.248 e. The Bertz CT molecular complexity index is 486. The summed E-state index contributed by atoms with van der Waals surface area (Å²) in [5.41, 5.74) is 0. The molecule has 0 saturated carbocycles. The summed E-state index contributed by atoms with van der Waals surface area (Å²) >= 11 is 0. The van der Waals surface area contributed by atoms with Gasteiger partial charge in [-0.05, 0) is 49.5 Å². The van der Waals surface area contributed by atoms with Gasteiger partial charge in [0.05, 0.1) is 0 Å². The summed E-state index contributed by atoms with van der Waals surface area (Å²) in [6.45, 7) is 6.87. The Morgan fingerprint density at radius 1 is 1.12 bits per heavy atom. The monoisotopic (exact) mass is 345 g/mol. The highest BCUT2D eigenvalue weighted by Crippen LogP contribution is 2.06. The first-order valence-electron chi connectivity index (χ1n) is 9.67. The van der Waals surface area contributed by atoms with E-state index < -0.39 is 6.10 Å². The Morgan fingerprint density at radius 2 is 1.92 bits per heavy atom. The molecule has 0 fully saturated rings. The van der Waals surface area contributed by atoms with Crippen molar-refractivity contribution in [1.29, 1.82) is 0 Å². The Balaban J connectivity index is 3.63. The number of nitrogens with one attached hydrogen (secondary N) is 1. The van der Waals surface area contributed by atoms with Gasteiger partial charge in [-0.2, -0.15) is 0 Å². The SMILES string of the molecule is CCCCC/C=C/C#CC#CCCCCCC(O)C(=O)NCC(C)C. The summed E-state index contributed by atoms with van der Waals surface area (Å²) in [7, 11) is 0. The molecule has 1 atom stereocenters. The second-order valence-electron chi connectivity index (χ2n) is 6.72. The number of hydrogen-bond donors (Lipinski definition) is 2. The lowest BCUT2D eigenvalue weighted by Gasteiger charge is -2.12. The van der Waals surface area contributed by atoms with Crippen molar-refractivity contribution in [3.8, 4) is 23.7 Å². The van der Waals surface area contributed by atoms with Gasteiger partial charge in [-0.3, -0.25) is 4.79 Å². The van der Waals surface area contributed by atoms with Gasteiger partial charge in [-0.15, -0.1) is 0 Å². The maximum absolute atomic E-state index is 11.6. The van der Waals surface area contributed by atoms with E-state index in [4.69, 9.17) is 0 Å². The number of aliphatic hydroxyl groups is 1. The van der Waals surface area contributed by atoms with E-state index in [1.54, 1.807) is 0 Å². The average molecular weight is 346 g/mol. The Kier molecular flexibility index (Phi) is 16.0. The number of amides is 1. The molecule has 0 aromatic carbocycles. The van der Waals surface area contributed by atoms with Crippen molar-refractivity contribution in [3.63, 3.8) is 0 Å². The first-order chi connectivity index (χ1) is 12.1. The number of carbonyl (C=O) groups excluding carboxylic acids is 1. The fourth-order valence-electron chi connectivity index (χ4n) is 2.12. The largest absolute Gasteiger partial charge is 0.383 e. The lowest BCUT2D eigenvalue weighted by molar-refractivity contribution is -0.129. The molecule has 3 heteroatoms. The van der Waals surface area contributed by atoms with Crippen molar-refractivity contribution in [2.75, 3.05) is 6.54 Å². The highest BCUT2D eigenvalue weighted by atomic mass is 16.3. The minimum Gasteiger partial charge on any atom is -0.383 e. The number of rotatable bonds is 12. The molecule has 0 heterocycles. The molecular formula is C22H35NO2. The topological polar surface area (TPSA) is 49.3 Å². The molecule has 0 saturated heterocycles. The Labute approximate surface area is 154 Å². The second kappa shape index (κ2) is 17.1. The molecule has 0 radical (unpaired) electrons. The molecule has 1 unspecified atom stereocenters. The van der Waals surface area contributed by atoms with Crippen LogP contribution in [0.25, 0.3) is 0 Å². The van der Waals surface area contributed by atoms with Gasteiger partial charge in [-0.1, -0.05) is 64.4 Å². The van der Waals surface area contributed by atoms with E-state index in [9.17, 15) is 9.90 Å². The number of carbonyl (C=O) groups is 1. The standard InChI is InChI=1S/C22H35NO2/c1-4-5-6-7-8-9-10-11-12-13-14-15-16-17-18-21(24)22(25)23-19-20(2)3/h8-9,20-21,24H,4-7,14-19H2,1-3H3,(H,23,25)/b9-8+. The number of hydrogen-bond acceptors (Lipinski definition) is 2. The van der Waals surface area contributed by atoms with Crippen LogP contribution in [0.3, 0.4) is 0 Å². The lowest BCUT2D eigenvalue weighted by atomic mass is 10.1. The summed E-state index contributed by atoms with van der Waals surface area (Å²) in [5.74, 6) is 11.8. The van der Waals surface area contributed by atoms with Gasteiger partial charge in [0.25, 0.3) is 0 Å². The fraction of sp³-hybridized carbons (Fsp3) is 0.682. The van der Waals surface area contributed by atoms with Gasteiger partial charge in [0.15, 0.2) is 0 Å². The van der Waals surface area contributed by atoms with Crippen molar-refractivity contribution in [1.82, 2.24) is 5.32 Å². The molecule has 0 aromatic heterocycles. The highest BCUT2D eigenvalue weighted by molar-refractivity contribution is 5.80. The number of allylic oxidation sites excluding steroid dienone is 2. The molecule has 0 rings (SSSR count). The minimum absolute atomic E-state index is 0.258. The van der Waals surface area contributed by atoms with Crippen LogP contribution in [0.1, 0.15) is 78.6 Å². The van der Waals surface area contributed by atoms with Crippen LogP contribution in [0.5, 0.6) is 0 Å². The van der Waals surface area contributed by atoms with Gasteiger partial charge in [0.2, 0.25) is 5.91 Å². The third kappa shape index (κ3) is 16.9. The Morgan fingerprint density at radius 3 is 2.64 bits per heavy atom. The zero-order chi connectivity index (χ0) is 18.8. The molecule has 140 valence electrons. The van der Waals surface area contributed by atoms with Gasteiger partial charge < -0.3 is 10.4 Å². The van der Waals surface area contributed by atoms with Crippen LogP contribution >= 0.6 is 0 Å². The molecule has 1 amide bonds. The van der Waals surface area contributed by atoms with E-state index in [-0.39, 0.29) is 5.91 Å². The van der Waals surface area contributed by atoms with Crippen molar-refractivity contribution >= 4 is 5.91 Å². The second-order valence-corrected chi connectivity index (χ2v) is 6.72. The molecule has 0 aliphatic heterocycles. The van der Waals surface area contributed by atoms with Crippen molar-refractivity contribution < 1.29 is 9.90 Å². The van der Waals surface area contributed by atoms with E-state index >= 15 is 0 Å². The van der Waals surface area contributed by atoms with Crippen molar-refractivity contribution in [3.05, 3.63) is 12.2 Å². The molecule has 25 heavy (non-hydrogen) atoms. The predicted molar refractivity (Wildman–Crippen MR) is 106 cm³/mol. The fourth-order valence-corrected chi connectivity index (χ4v) is 2.12. The van der Waals surface area contributed by atoms with Gasteiger partial charge in [-0.25, -0.2) is 0 Å². The molecular weight excluding hydrogens is 310 g/mol. The van der Waals surface area contributed by atoms with Crippen LogP contribution in [0.4, 0.5) is 0 Å². The van der Waals surface area contributed by atoms with E-state index in [1.165, 1.54) is 19.3 Å². The average Bonchev–Trinajstić information content (AvgIpc) is 2.59. The summed E-state index contributed by atoms with van der Waals surface area (Å²) in [5, 5.41) is 12.5. The summed E-state index contributed by atoms with van der Waals surface area (Å²) < 4.78 is 0.